The second-order valence-electron chi connectivity index (χ2n) is 5.17. The number of anilines is 1. The van der Waals surface area contributed by atoms with Crippen LogP contribution in [0.1, 0.15) is 32.1 Å². The number of nitrogens with zero attached hydrogens (tertiary/aromatic N) is 6. The third-order valence-electron chi connectivity index (χ3n) is 3.79. The van der Waals surface area contributed by atoms with Crippen molar-refractivity contribution < 1.29 is 5.11 Å². The molecule has 0 bridgehead atoms. The molecule has 2 heterocycles. The summed E-state index contributed by atoms with van der Waals surface area (Å²) < 4.78 is 0. The average Bonchev–Trinajstić information content (AvgIpc) is 2.90. The van der Waals surface area contributed by atoms with Crippen LogP contribution in [0.5, 0.6) is 0 Å². The minimum absolute atomic E-state index is 0.221. The van der Waals surface area contributed by atoms with Gasteiger partial charge >= 0.3 is 0 Å². The van der Waals surface area contributed by atoms with Crippen LogP contribution in [0.4, 0.5) is 5.82 Å². The van der Waals surface area contributed by atoms with Gasteiger partial charge in [0.15, 0.2) is 11.3 Å². The fourth-order valence-corrected chi connectivity index (χ4v) is 2.70. The molecule has 3 rings (SSSR count). The highest BCUT2D eigenvalue weighted by molar-refractivity contribution is 5.80. The standard InChI is InChI=1S/C13H15N7O/c14-7-4-9(13(21)5-2-1-3-6-13)20-18-10-11(15)16-8-17-12(10)19-20/h4,8,21H,1-3,5-6H2,(H2,15,16,17,19)/b9-4-. The summed E-state index contributed by atoms with van der Waals surface area (Å²) in [5.74, 6) is 0.221. The second-order valence-corrected chi connectivity index (χ2v) is 5.17. The Morgan fingerprint density at radius 3 is 2.76 bits per heavy atom. The molecule has 1 aliphatic carbocycles. The van der Waals surface area contributed by atoms with Gasteiger partial charge in [-0.05, 0) is 12.8 Å². The van der Waals surface area contributed by atoms with E-state index in [1.165, 1.54) is 17.2 Å². The van der Waals surface area contributed by atoms with Gasteiger partial charge in [0, 0.05) is 6.08 Å². The number of nitriles is 1. The summed E-state index contributed by atoms with van der Waals surface area (Å²) in [7, 11) is 0. The number of aromatic nitrogens is 5. The molecule has 1 fully saturated rings. The van der Waals surface area contributed by atoms with Gasteiger partial charge in [-0.25, -0.2) is 9.97 Å². The molecule has 1 saturated carbocycles. The first-order valence-corrected chi connectivity index (χ1v) is 6.80. The average molecular weight is 285 g/mol. The zero-order chi connectivity index (χ0) is 14.9. The Morgan fingerprint density at radius 1 is 1.33 bits per heavy atom. The second kappa shape index (κ2) is 5.10. The maximum Gasteiger partial charge on any atom is 0.207 e. The molecule has 0 saturated heterocycles. The van der Waals surface area contributed by atoms with Gasteiger partial charge in [0.1, 0.15) is 17.6 Å². The van der Waals surface area contributed by atoms with Crippen molar-refractivity contribution in [3.05, 3.63) is 12.4 Å². The molecule has 0 unspecified atom stereocenters. The van der Waals surface area contributed by atoms with Crippen molar-refractivity contribution in [3.63, 3.8) is 0 Å². The van der Waals surface area contributed by atoms with Crippen LogP contribution in [-0.2, 0) is 0 Å². The third-order valence-corrected chi connectivity index (χ3v) is 3.79. The van der Waals surface area contributed by atoms with E-state index in [0.29, 0.717) is 29.7 Å². The summed E-state index contributed by atoms with van der Waals surface area (Å²) in [5.41, 5.74) is 5.71. The van der Waals surface area contributed by atoms with E-state index in [2.05, 4.69) is 20.2 Å². The smallest absolute Gasteiger partial charge is 0.207 e. The van der Waals surface area contributed by atoms with E-state index in [1.54, 1.807) is 0 Å². The van der Waals surface area contributed by atoms with Crippen molar-refractivity contribution in [2.45, 2.75) is 37.7 Å². The van der Waals surface area contributed by atoms with Crippen molar-refractivity contribution in [1.29, 1.82) is 5.26 Å². The first kappa shape index (κ1) is 13.5. The zero-order valence-corrected chi connectivity index (χ0v) is 11.4. The van der Waals surface area contributed by atoms with Crippen LogP contribution >= 0.6 is 0 Å². The van der Waals surface area contributed by atoms with Gasteiger partial charge in [0.2, 0.25) is 5.65 Å². The van der Waals surface area contributed by atoms with Crippen LogP contribution < -0.4 is 5.73 Å². The lowest BCUT2D eigenvalue weighted by molar-refractivity contribution is 0.0542. The predicted octanol–water partition coefficient (Wildman–Crippen LogP) is 0.863. The first-order valence-electron chi connectivity index (χ1n) is 6.80. The topological polar surface area (TPSA) is 127 Å². The van der Waals surface area contributed by atoms with Crippen LogP contribution in [0.2, 0.25) is 0 Å². The number of aliphatic hydroxyl groups is 1. The van der Waals surface area contributed by atoms with Crippen LogP contribution in [0.3, 0.4) is 0 Å². The fourth-order valence-electron chi connectivity index (χ4n) is 2.70. The summed E-state index contributed by atoms with van der Waals surface area (Å²) in [6.07, 6.45) is 6.64. The summed E-state index contributed by atoms with van der Waals surface area (Å²) >= 11 is 0. The van der Waals surface area contributed by atoms with Gasteiger partial charge in [0.25, 0.3) is 0 Å². The molecule has 8 heteroatoms. The van der Waals surface area contributed by atoms with Gasteiger partial charge in [-0.3, -0.25) is 0 Å². The van der Waals surface area contributed by atoms with Crippen LogP contribution in [-0.4, -0.2) is 35.7 Å². The minimum atomic E-state index is -1.09. The molecule has 2 aromatic rings. The lowest BCUT2D eigenvalue weighted by Gasteiger charge is -2.32. The van der Waals surface area contributed by atoms with E-state index < -0.39 is 5.60 Å². The zero-order valence-electron chi connectivity index (χ0n) is 11.4. The molecule has 8 nitrogen and oxygen atoms in total. The highest BCUT2D eigenvalue weighted by Crippen LogP contribution is 2.36. The molecule has 0 aromatic carbocycles. The number of nitrogens with two attached hydrogens (primary N) is 1. The number of hydrogen-bond acceptors (Lipinski definition) is 7. The molecular weight excluding hydrogens is 270 g/mol. The maximum atomic E-state index is 10.8. The lowest BCUT2D eigenvalue weighted by Crippen LogP contribution is -2.36. The van der Waals surface area contributed by atoms with E-state index in [4.69, 9.17) is 11.0 Å². The van der Waals surface area contributed by atoms with E-state index >= 15 is 0 Å². The Morgan fingerprint density at radius 2 is 2.10 bits per heavy atom. The summed E-state index contributed by atoms with van der Waals surface area (Å²) in [5, 5.41) is 28.3. The Hall–Kier alpha value is -2.53. The van der Waals surface area contributed by atoms with Gasteiger partial charge < -0.3 is 10.8 Å². The predicted molar refractivity (Wildman–Crippen MR) is 75.5 cm³/mol. The molecule has 2 aromatic heterocycles. The van der Waals surface area contributed by atoms with E-state index in [-0.39, 0.29) is 5.82 Å². The monoisotopic (exact) mass is 285 g/mol. The molecule has 108 valence electrons. The van der Waals surface area contributed by atoms with E-state index in [9.17, 15) is 5.11 Å². The van der Waals surface area contributed by atoms with Gasteiger partial charge in [-0.15, -0.1) is 15.0 Å². The molecule has 0 aliphatic heterocycles. The van der Waals surface area contributed by atoms with Crippen molar-refractivity contribution in [3.8, 4) is 6.07 Å². The number of rotatable bonds is 2. The Labute approximate surface area is 120 Å². The van der Waals surface area contributed by atoms with Gasteiger partial charge in [0.05, 0.1) is 6.07 Å². The normalized spacial score (nSPS) is 18.6. The SMILES string of the molecule is N#C/C=C(\n1nc2ncnc(N)c2n1)C1(O)CCCCC1. The minimum Gasteiger partial charge on any atom is -0.383 e. The first-order chi connectivity index (χ1) is 10.1. The summed E-state index contributed by atoms with van der Waals surface area (Å²) in [6, 6.07) is 1.96. The highest BCUT2D eigenvalue weighted by Gasteiger charge is 2.36. The van der Waals surface area contributed by atoms with Crippen molar-refractivity contribution in [2.24, 2.45) is 0 Å². The van der Waals surface area contributed by atoms with Crippen LogP contribution in [0, 0.1) is 11.3 Å². The summed E-state index contributed by atoms with van der Waals surface area (Å²) in [4.78, 5) is 9.11. The Balaban J connectivity index is 2.10. The molecule has 3 N–H and O–H groups in total. The molecule has 0 spiro atoms. The maximum absolute atomic E-state index is 10.8. The van der Waals surface area contributed by atoms with Gasteiger partial charge in [-0.2, -0.15) is 5.26 Å². The molecule has 21 heavy (non-hydrogen) atoms. The number of hydrogen-bond donors (Lipinski definition) is 2. The largest absolute Gasteiger partial charge is 0.383 e. The summed E-state index contributed by atoms with van der Waals surface area (Å²) in [6.45, 7) is 0. The fraction of sp³-hybridized carbons (Fsp3) is 0.462. The molecule has 1 aliphatic rings. The number of nitrogen functional groups attached to an aromatic ring is 1. The molecule has 0 atom stereocenters. The highest BCUT2D eigenvalue weighted by atomic mass is 16.3. The molecule has 0 radical (unpaired) electrons. The van der Waals surface area contributed by atoms with E-state index in [1.807, 2.05) is 6.07 Å². The van der Waals surface area contributed by atoms with Crippen LogP contribution in [0.15, 0.2) is 12.4 Å². The Kier molecular flexibility index (Phi) is 3.27. The van der Waals surface area contributed by atoms with Crippen LogP contribution in [0.25, 0.3) is 16.9 Å². The van der Waals surface area contributed by atoms with Crippen molar-refractivity contribution in [2.75, 3.05) is 5.73 Å². The number of fused-ring (bicyclic) bond motifs is 1. The van der Waals surface area contributed by atoms with Crippen molar-refractivity contribution >= 4 is 22.7 Å². The van der Waals surface area contributed by atoms with E-state index in [0.717, 1.165) is 19.3 Å². The van der Waals surface area contributed by atoms with Gasteiger partial charge in [-0.1, -0.05) is 19.3 Å². The Bertz CT molecular complexity index is 737. The van der Waals surface area contributed by atoms with Crippen molar-refractivity contribution in [1.82, 2.24) is 25.0 Å². The molecule has 0 amide bonds. The third kappa shape index (κ3) is 2.32. The quantitative estimate of drug-likeness (QED) is 0.783. The lowest BCUT2D eigenvalue weighted by atomic mass is 9.82. The number of allylic oxidation sites excluding steroid dienone is 1. The molecular formula is C13H15N7O.